The first kappa shape index (κ1) is 14.4. The van der Waals surface area contributed by atoms with E-state index in [1.807, 2.05) is 19.9 Å². The largest absolute Gasteiger partial charge is 0.493 e. The molecule has 0 aliphatic rings. The van der Waals surface area contributed by atoms with Crippen LogP contribution < -0.4 is 15.8 Å². The molecule has 1 atom stereocenters. The molecule has 1 aromatic carbocycles. The number of benzene rings is 1. The van der Waals surface area contributed by atoms with Crippen LogP contribution in [0.15, 0.2) is 24.3 Å². The van der Waals surface area contributed by atoms with Crippen LogP contribution in [0.2, 0.25) is 0 Å². The summed E-state index contributed by atoms with van der Waals surface area (Å²) in [5, 5.41) is 2.79. The molecule has 1 unspecified atom stereocenters. The maximum absolute atomic E-state index is 12.0. The standard InChI is InChI=1S/C13H18N2O2S/c1-3-17-11-7-5-4-6-10(11)13(16)15-8-9(2)12(14)18/h4-7,9H,3,8H2,1-2H3,(H2,14,18)(H,15,16). The van der Waals surface area contributed by atoms with Gasteiger partial charge in [-0.25, -0.2) is 0 Å². The fraction of sp³-hybridized carbons (Fsp3) is 0.385. The maximum atomic E-state index is 12.0. The van der Waals surface area contributed by atoms with E-state index in [-0.39, 0.29) is 11.8 Å². The number of nitrogens with one attached hydrogen (secondary N) is 1. The van der Waals surface area contributed by atoms with E-state index in [1.54, 1.807) is 18.2 Å². The maximum Gasteiger partial charge on any atom is 0.255 e. The third kappa shape index (κ3) is 4.00. The van der Waals surface area contributed by atoms with Gasteiger partial charge in [0.25, 0.3) is 5.91 Å². The van der Waals surface area contributed by atoms with Gasteiger partial charge in [0, 0.05) is 12.5 Å². The molecule has 0 radical (unpaired) electrons. The highest BCUT2D eigenvalue weighted by molar-refractivity contribution is 7.80. The predicted octanol–water partition coefficient (Wildman–Crippen LogP) is 1.74. The second kappa shape index (κ2) is 6.96. The van der Waals surface area contributed by atoms with E-state index in [2.05, 4.69) is 5.32 Å². The van der Waals surface area contributed by atoms with E-state index in [1.165, 1.54) is 0 Å². The lowest BCUT2D eigenvalue weighted by Gasteiger charge is -2.13. The Morgan fingerprint density at radius 2 is 2.17 bits per heavy atom. The van der Waals surface area contributed by atoms with Crippen molar-refractivity contribution in [2.45, 2.75) is 13.8 Å². The normalized spacial score (nSPS) is 11.7. The van der Waals surface area contributed by atoms with Crippen molar-refractivity contribution in [1.29, 1.82) is 0 Å². The quantitative estimate of drug-likeness (QED) is 0.770. The van der Waals surface area contributed by atoms with Crippen LogP contribution in [0.5, 0.6) is 5.75 Å². The van der Waals surface area contributed by atoms with E-state index < -0.39 is 0 Å². The van der Waals surface area contributed by atoms with Gasteiger partial charge in [0.1, 0.15) is 5.75 Å². The summed E-state index contributed by atoms with van der Waals surface area (Å²) in [5.74, 6) is 0.380. The first-order valence-corrected chi connectivity index (χ1v) is 6.26. The lowest BCUT2D eigenvalue weighted by atomic mass is 10.1. The van der Waals surface area contributed by atoms with Crippen molar-refractivity contribution in [3.63, 3.8) is 0 Å². The highest BCUT2D eigenvalue weighted by atomic mass is 32.1. The summed E-state index contributed by atoms with van der Waals surface area (Å²) in [4.78, 5) is 12.4. The molecule has 0 aliphatic carbocycles. The Kier molecular flexibility index (Phi) is 5.58. The van der Waals surface area contributed by atoms with Crippen molar-refractivity contribution in [1.82, 2.24) is 5.32 Å². The number of rotatable bonds is 6. The first-order valence-electron chi connectivity index (χ1n) is 5.85. The van der Waals surface area contributed by atoms with Crippen LogP contribution in [0.25, 0.3) is 0 Å². The topological polar surface area (TPSA) is 64.3 Å². The molecule has 1 rings (SSSR count). The van der Waals surface area contributed by atoms with Gasteiger partial charge in [0.15, 0.2) is 0 Å². The van der Waals surface area contributed by atoms with E-state index in [9.17, 15) is 4.79 Å². The minimum atomic E-state index is -0.179. The molecule has 4 nitrogen and oxygen atoms in total. The number of ether oxygens (including phenoxy) is 1. The van der Waals surface area contributed by atoms with E-state index in [0.29, 0.717) is 29.5 Å². The van der Waals surface area contributed by atoms with Crippen molar-refractivity contribution in [2.75, 3.05) is 13.2 Å². The van der Waals surface area contributed by atoms with Crippen LogP contribution >= 0.6 is 12.2 Å². The molecule has 0 spiro atoms. The van der Waals surface area contributed by atoms with Crippen LogP contribution in [0.3, 0.4) is 0 Å². The third-order valence-corrected chi connectivity index (χ3v) is 2.89. The van der Waals surface area contributed by atoms with Gasteiger partial charge in [-0.3, -0.25) is 4.79 Å². The lowest BCUT2D eigenvalue weighted by molar-refractivity contribution is 0.0947. The molecular formula is C13H18N2O2S. The monoisotopic (exact) mass is 266 g/mol. The van der Waals surface area contributed by atoms with Crippen molar-refractivity contribution >= 4 is 23.1 Å². The molecule has 0 saturated carbocycles. The van der Waals surface area contributed by atoms with E-state index >= 15 is 0 Å². The minimum Gasteiger partial charge on any atom is -0.493 e. The van der Waals surface area contributed by atoms with Crippen LogP contribution in [-0.2, 0) is 0 Å². The van der Waals surface area contributed by atoms with Gasteiger partial charge in [-0.15, -0.1) is 0 Å². The molecule has 0 bridgehead atoms. The molecular weight excluding hydrogens is 248 g/mol. The summed E-state index contributed by atoms with van der Waals surface area (Å²) >= 11 is 4.86. The van der Waals surface area contributed by atoms with Gasteiger partial charge < -0.3 is 15.8 Å². The molecule has 3 N–H and O–H groups in total. The van der Waals surface area contributed by atoms with E-state index in [4.69, 9.17) is 22.7 Å². The molecule has 0 heterocycles. The molecule has 0 aromatic heterocycles. The van der Waals surface area contributed by atoms with Crippen molar-refractivity contribution in [2.24, 2.45) is 11.7 Å². The number of nitrogens with two attached hydrogens (primary N) is 1. The van der Waals surface area contributed by atoms with Crippen molar-refractivity contribution in [3.8, 4) is 5.75 Å². The van der Waals surface area contributed by atoms with Crippen LogP contribution in [0, 0.1) is 5.92 Å². The Labute approximate surface area is 113 Å². The highest BCUT2D eigenvalue weighted by Gasteiger charge is 2.13. The number of thiocarbonyl (C=S) groups is 1. The Balaban J connectivity index is 2.69. The number of carbonyl (C=O) groups excluding carboxylic acids is 1. The fourth-order valence-corrected chi connectivity index (χ4v) is 1.46. The first-order chi connectivity index (χ1) is 8.56. The fourth-order valence-electron chi connectivity index (χ4n) is 1.38. The van der Waals surface area contributed by atoms with Gasteiger partial charge in [-0.05, 0) is 19.1 Å². The zero-order valence-electron chi connectivity index (χ0n) is 10.6. The molecule has 0 fully saturated rings. The minimum absolute atomic E-state index is 0.0248. The molecule has 18 heavy (non-hydrogen) atoms. The van der Waals surface area contributed by atoms with Crippen LogP contribution in [-0.4, -0.2) is 24.0 Å². The summed E-state index contributed by atoms with van der Waals surface area (Å²) in [6, 6.07) is 7.13. The summed E-state index contributed by atoms with van der Waals surface area (Å²) in [7, 11) is 0. The summed E-state index contributed by atoms with van der Waals surface area (Å²) in [5.41, 5.74) is 6.02. The molecule has 98 valence electrons. The summed E-state index contributed by atoms with van der Waals surface area (Å²) in [6.07, 6.45) is 0. The molecule has 0 aliphatic heterocycles. The van der Waals surface area contributed by atoms with Gasteiger partial charge >= 0.3 is 0 Å². The lowest BCUT2D eigenvalue weighted by Crippen LogP contribution is -2.33. The SMILES string of the molecule is CCOc1ccccc1C(=O)NCC(C)C(N)=S. The molecule has 5 heteroatoms. The average molecular weight is 266 g/mol. The molecule has 0 saturated heterocycles. The third-order valence-electron chi connectivity index (χ3n) is 2.49. The Bertz CT molecular complexity index is 435. The number of para-hydroxylation sites is 1. The highest BCUT2D eigenvalue weighted by Crippen LogP contribution is 2.17. The van der Waals surface area contributed by atoms with Crippen LogP contribution in [0.4, 0.5) is 0 Å². The van der Waals surface area contributed by atoms with Gasteiger partial charge in [-0.1, -0.05) is 31.3 Å². The van der Waals surface area contributed by atoms with E-state index in [0.717, 1.165) is 0 Å². The second-order valence-corrected chi connectivity index (χ2v) is 4.41. The number of hydrogen-bond acceptors (Lipinski definition) is 3. The number of hydrogen-bond donors (Lipinski definition) is 2. The summed E-state index contributed by atoms with van der Waals surface area (Å²) in [6.45, 7) is 4.70. The predicted molar refractivity (Wildman–Crippen MR) is 75.9 cm³/mol. The van der Waals surface area contributed by atoms with Gasteiger partial charge in [-0.2, -0.15) is 0 Å². The number of amides is 1. The summed E-state index contributed by atoms with van der Waals surface area (Å²) < 4.78 is 5.40. The van der Waals surface area contributed by atoms with Crippen LogP contribution in [0.1, 0.15) is 24.2 Å². The Morgan fingerprint density at radius 3 is 2.78 bits per heavy atom. The molecule has 1 aromatic rings. The zero-order chi connectivity index (χ0) is 13.5. The second-order valence-electron chi connectivity index (χ2n) is 3.94. The van der Waals surface area contributed by atoms with Gasteiger partial charge in [0.05, 0.1) is 17.2 Å². The Hall–Kier alpha value is -1.62. The average Bonchev–Trinajstić information content (AvgIpc) is 2.36. The molecule has 1 amide bonds. The van der Waals surface area contributed by atoms with Crippen molar-refractivity contribution in [3.05, 3.63) is 29.8 Å². The van der Waals surface area contributed by atoms with Gasteiger partial charge in [0.2, 0.25) is 0 Å². The Morgan fingerprint density at radius 1 is 1.50 bits per heavy atom. The van der Waals surface area contributed by atoms with Crippen molar-refractivity contribution < 1.29 is 9.53 Å². The number of carbonyl (C=O) groups is 1. The smallest absolute Gasteiger partial charge is 0.255 e. The zero-order valence-corrected chi connectivity index (χ0v) is 11.4.